The monoisotopic (exact) mass is 488 g/mol. The average Bonchev–Trinajstić information content (AvgIpc) is 2.82. The predicted octanol–water partition coefficient (Wildman–Crippen LogP) is 5.26. The number of aromatic nitrogens is 1. The fourth-order valence-corrected chi connectivity index (χ4v) is 5.11. The number of amides is 1. The van der Waals surface area contributed by atoms with Gasteiger partial charge in [0.2, 0.25) is 5.60 Å². The van der Waals surface area contributed by atoms with Crippen LogP contribution in [0.5, 0.6) is 0 Å². The van der Waals surface area contributed by atoms with Gasteiger partial charge in [-0.15, -0.1) is 0 Å². The molecule has 1 amide bonds. The summed E-state index contributed by atoms with van der Waals surface area (Å²) in [6.07, 6.45) is -3.03. The smallest absolute Gasteiger partial charge is 0.373 e. The fourth-order valence-electron chi connectivity index (χ4n) is 5.11. The molecule has 3 atom stereocenters. The van der Waals surface area contributed by atoms with Crippen molar-refractivity contribution in [3.63, 3.8) is 0 Å². The van der Waals surface area contributed by atoms with Gasteiger partial charge in [-0.3, -0.25) is 4.79 Å². The molecule has 9 heteroatoms. The van der Waals surface area contributed by atoms with Crippen molar-refractivity contribution in [1.82, 2.24) is 5.16 Å². The average molecular weight is 489 g/mol. The van der Waals surface area contributed by atoms with Gasteiger partial charge in [0.1, 0.15) is 0 Å². The second-order valence-corrected chi connectivity index (χ2v) is 9.22. The molecular weight excluding hydrogens is 461 g/mol. The molecule has 1 aliphatic rings. The van der Waals surface area contributed by atoms with Crippen LogP contribution >= 0.6 is 0 Å². The third-order valence-corrected chi connectivity index (χ3v) is 6.98. The molecule has 0 aliphatic heterocycles. The van der Waals surface area contributed by atoms with E-state index in [1.807, 2.05) is 19.1 Å². The lowest BCUT2D eigenvalue weighted by atomic mass is 9.69. The largest absolute Gasteiger partial charge is 0.426 e. The zero-order chi connectivity index (χ0) is 25.4. The number of halogens is 3. The highest BCUT2D eigenvalue weighted by Crippen LogP contribution is 2.47. The molecule has 35 heavy (non-hydrogen) atoms. The molecule has 0 saturated carbocycles. The lowest BCUT2D eigenvalue weighted by Gasteiger charge is -2.39. The molecule has 4 rings (SSSR count). The van der Waals surface area contributed by atoms with Crippen LogP contribution in [0.15, 0.2) is 51.8 Å². The number of carbonyl (C=O) groups excluding carboxylic acids is 1. The molecular formula is C26H27F3N2O4. The van der Waals surface area contributed by atoms with E-state index in [0.717, 1.165) is 24.0 Å². The van der Waals surface area contributed by atoms with E-state index in [2.05, 4.69) is 15.0 Å². The number of benzene rings is 2. The Morgan fingerprint density at radius 1 is 1.20 bits per heavy atom. The summed E-state index contributed by atoms with van der Waals surface area (Å²) in [4.78, 5) is 24.9. The molecule has 0 spiro atoms. The summed E-state index contributed by atoms with van der Waals surface area (Å²) in [7, 11) is 0. The van der Waals surface area contributed by atoms with Crippen LogP contribution in [0.4, 0.5) is 18.9 Å². The highest BCUT2D eigenvalue weighted by molar-refractivity contribution is 5.99. The Bertz CT molecular complexity index is 1300. The molecule has 0 fully saturated rings. The van der Waals surface area contributed by atoms with Crippen molar-refractivity contribution >= 4 is 22.4 Å². The number of fused-ring (bicyclic) bond motifs is 2. The first-order chi connectivity index (χ1) is 16.5. The molecule has 0 bridgehead atoms. The van der Waals surface area contributed by atoms with Crippen molar-refractivity contribution < 1.29 is 27.6 Å². The van der Waals surface area contributed by atoms with Gasteiger partial charge in [-0.1, -0.05) is 49.2 Å². The van der Waals surface area contributed by atoms with Gasteiger partial charge in [-0.05, 0) is 60.9 Å². The maximum atomic E-state index is 14.3. The number of nitrogens with zero attached hydrogens (tertiary/aromatic N) is 1. The lowest BCUT2D eigenvalue weighted by Crippen LogP contribution is -2.56. The van der Waals surface area contributed by atoms with Crippen molar-refractivity contribution in [1.29, 1.82) is 0 Å². The van der Waals surface area contributed by atoms with E-state index in [-0.39, 0.29) is 17.0 Å². The number of hydrogen-bond donors (Lipinski definition) is 2. The first-order valence-corrected chi connectivity index (χ1v) is 11.6. The van der Waals surface area contributed by atoms with E-state index >= 15 is 0 Å². The number of nitrogens with one attached hydrogen (secondary N) is 1. The molecule has 2 N–H and O–H groups in total. The van der Waals surface area contributed by atoms with Gasteiger partial charge in [-0.25, -0.2) is 4.79 Å². The number of aliphatic hydroxyl groups is 1. The quantitative estimate of drug-likeness (QED) is 0.494. The Labute approximate surface area is 200 Å². The van der Waals surface area contributed by atoms with Crippen molar-refractivity contribution in [3.05, 3.63) is 69.7 Å². The Morgan fingerprint density at radius 2 is 1.94 bits per heavy atom. The number of rotatable bonds is 6. The molecule has 0 radical (unpaired) electrons. The first kappa shape index (κ1) is 24.9. The topological polar surface area (TPSA) is 92.4 Å². The number of carbonyl (C=O) groups is 1. The van der Waals surface area contributed by atoms with Gasteiger partial charge in [0, 0.05) is 17.5 Å². The predicted molar refractivity (Wildman–Crippen MR) is 125 cm³/mol. The van der Waals surface area contributed by atoms with Gasteiger partial charge in [-0.2, -0.15) is 13.2 Å². The van der Waals surface area contributed by atoms with E-state index in [9.17, 15) is 27.9 Å². The molecule has 6 nitrogen and oxygen atoms in total. The highest BCUT2D eigenvalue weighted by atomic mass is 19.4. The fraction of sp³-hybridized carbons (Fsp3) is 0.423. The van der Waals surface area contributed by atoms with Crippen molar-refractivity contribution in [3.8, 4) is 0 Å². The normalized spacial score (nSPS) is 19.7. The third-order valence-electron chi connectivity index (χ3n) is 6.98. The minimum Gasteiger partial charge on any atom is -0.373 e. The second kappa shape index (κ2) is 9.45. The number of aryl methyl sites for hydroxylation is 2. The van der Waals surface area contributed by atoms with Crippen LogP contribution in [0.25, 0.3) is 10.8 Å². The van der Waals surface area contributed by atoms with E-state index in [1.165, 1.54) is 18.2 Å². The summed E-state index contributed by atoms with van der Waals surface area (Å²) in [5, 5.41) is 17.3. The molecule has 3 aromatic rings. The van der Waals surface area contributed by atoms with Gasteiger partial charge in [0.15, 0.2) is 0 Å². The Balaban J connectivity index is 1.69. The van der Waals surface area contributed by atoms with E-state index in [1.54, 1.807) is 19.1 Å². The number of hydrogen-bond acceptors (Lipinski definition) is 5. The maximum absolute atomic E-state index is 14.3. The molecule has 1 heterocycles. The van der Waals surface area contributed by atoms with Gasteiger partial charge in [0.25, 0.3) is 5.91 Å². The summed E-state index contributed by atoms with van der Waals surface area (Å²) in [6, 6.07) is 11.3. The van der Waals surface area contributed by atoms with Gasteiger partial charge in [0.05, 0.1) is 11.1 Å². The minimum atomic E-state index is -5.20. The molecule has 2 aromatic carbocycles. The second-order valence-electron chi connectivity index (χ2n) is 9.22. The lowest BCUT2D eigenvalue weighted by molar-refractivity contribution is -0.253. The van der Waals surface area contributed by atoms with Gasteiger partial charge < -0.3 is 14.9 Å². The van der Waals surface area contributed by atoms with Crippen LogP contribution in [0, 0.1) is 12.8 Å². The molecule has 0 saturated heterocycles. The standard InChI is InChI=1S/C26H27F3N2O4/c1-3-6-16-9-10-17-7-4-5-8-19(17)22(16)14-25(34,26(27,28)29)24(33)30-18-11-12-20-21(13-18)15(2)31-35-23(20)32/h4-5,7-8,11-13,16,22,34H,3,6,9-10,14H2,1-2H3,(H,30,33). The van der Waals surface area contributed by atoms with Crippen LogP contribution in [-0.2, 0) is 11.2 Å². The number of anilines is 1. The zero-order valence-electron chi connectivity index (χ0n) is 19.5. The molecule has 1 aromatic heterocycles. The SMILES string of the molecule is CCCC1CCc2ccccc2C1CC(O)(C(=O)Nc1ccc2c(=O)onc(C)c2c1)C(F)(F)F. The summed E-state index contributed by atoms with van der Waals surface area (Å²) in [5.74, 6) is -2.26. The Kier molecular flexibility index (Phi) is 6.73. The summed E-state index contributed by atoms with van der Waals surface area (Å²) >= 11 is 0. The molecule has 186 valence electrons. The van der Waals surface area contributed by atoms with Crippen LogP contribution in [0.1, 0.15) is 55.3 Å². The summed E-state index contributed by atoms with van der Waals surface area (Å²) in [6.45, 7) is 3.54. The summed E-state index contributed by atoms with van der Waals surface area (Å²) in [5.41, 5.74) is -2.25. The van der Waals surface area contributed by atoms with Crippen molar-refractivity contribution in [2.45, 2.75) is 63.6 Å². The van der Waals surface area contributed by atoms with E-state index in [4.69, 9.17) is 0 Å². The Hall–Kier alpha value is -3.20. The Morgan fingerprint density at radius 3 is 2.66 bits per heavy atom. The van der Waals surface area contributed by atoms with Crippen molar-refractivity contribution in [2.24, 2.45) is 5.92 Å². The van der Waals surface area contributed by atoms with E-state index < -0.39 is 35.6 Å². The molecule has 3 unspecified atom stereocenters. The molecule has 1 aliphatic carbocycles. The maximum Gasteiger partial charge on any atom is 0.426 e. The number of alkyl halides is 3. The van der Waals surface area contributed by atoms with Crippen molar-refractivity contribution in [2.75, 3.05) is 5.32 Å². The van der Waals surface area contributed by atoms with Crippen LogP contribution in [0.3, 0.4) is 0 Å². The van der Waals surface area contributed by atoms with E-state index in [0.29, 0.717) is 23.9 Å². The van der Waals surface area contributed by atoms with Crippen LogP contribution in [-0.4, -0.2) is 27.9 Å². The van der Waals surface area contributed by atoms with Gasteiger partial charge >= 0.3 is 11.8 Å². The highest BCUT2D eigenvalue weighted by Gasteiger charge is 2.61. The zero-order valence-corrected chi connectivity index (χ0v) is 19.5. The first-order valence-electron chi connectivity index (χ1n) is 11.6. The van der Waals surface area contributed by atoms with Crippen LogP contribution < -0.4 is 10.9 Å². The summed E-state index contributed by atoms with van der Waals surface area (Å²) < 4.78 is 47.5. The van der Waals surface area contributed by atoms with Crippen LogP contribution in [0.2, 0.25) is 0 Å². The minimum absolute atomic E-state index is 0.00910. The third kappa shape index (κ3) is 4.69.